The number of ether oxygens (including phenoxy) is 1. The maximum Gasteiger partial charge on any atom is 0.121 e. The molecule has 1 heterocycles. The third-order valence-corrected chi connectivity index (χ3v) is 5.25. The van der Waals surface area contributed by atoms with Crippen LogP contribution in [0, 0.1) is 0 Å². The highest BCUT2D eigenvalue weighted by atomic mass is 32.1. The maximum absolute atomic E-state index is 9.99. The lowest BCUT2D eigenvalue weighted by molar-refractivity contribution is 0.154. The largest absolute Gasteiger partial charge is 0.494 e. The summed E-state index contributed by atoms with van der Waals surface area (Å²) in [7, 11) is 0. The molecule has 0 amide bonds. The van der Waals surface area contributed by atoms with E-state index in [1.807, 2.05) is 5.38 Å². The lowest BCUT2D eigenvalue weighted by Gasteiger charge is -2.09. The van der Waals surface area contributed by atoms with Gasteiger partial charge >= 0.3 is 0 Å². The van der Waals surface area contributed by atoms with E-state index in [-0.39, 0.29) is 0 Å². The van der Waals surface area contributed by atoms with Gasteiger partial charge in [-0.3, -0.25) is 0 Å². The number of unbranched alkanes of at least 4 members (excludes halogenated alkanes) is 5. The van der Waals surface area contributed by atoms with Crippen molar-refractivity contribution in [2.24, 2.45) is 0 Å². The van der Waals surface area contributed by atoms with Crippen molar-refractivity contribution < 1.29 is 9.84 Å². The van der Waals surface area contributed by atoms with Crippen LogP contribution in [-0.2, 0) is 6.42 Å². The number of hydrogen-bond acceptors (Lipinski definition) is 4. The van der Waals surface area contributed by atoms with Crippen molar-refractivity contribution in [3.05, 3.63) is 46.4 Å². The number of aryl methyl sites for hydroxylation is 1. The third-order valence-electron chi connectivity index (χ3n) is 4.37. The number of rotatable bonds is 13. The Kier molecular flexibility index (Phi) is 9.60. The first-order valence-electron chi connectivity index (χ1n) is 9.58. The molecule has 0 saturated heterocycles. The quantitative estimate of drug-likeness (QED) is 0.449. The predicted molar refractivity (Wildman–Crippen MR) is 105 cm³/mol. The molecule has 0 aliphatic rings. The number of nitrogens with zero attached hydrogens (tertiary/aromatic N) is 1. The van der Waals surface area contributed by atoms with Gasteiger partial charge in [0.2, 0.25) is 0 Å². The number of aromatic nitrogens is 1. The molecular formula is C21H31NO2S. The van der Waals surface area contributed by atoms with E-state index in [0.717, 1.165) is 23.6 Å². The van der Waals surface area contributed by atoms with Crippen LogP contribution in [0.2, 0.25) is 0 Å². The average molecular weight is 362 g/mol. The normalized spacial score (nSPS) is 12.2. The van der Waals surface area contributed by atoms with Crippen LogP contribution in [-0.4, -0.2) is 16.7 Å². The van der Waals surface area contributed by atoms with E-state index in [4.69, 9.17) is 4.74 Å². The minimum absolute atomic E-state index is 0.469. The van der Waals surface area contributed by atoms with E-state index in [1.54, 1.807) is 6.20 Å². The molecule has 25 heavy (non-hydrogen) atoms. The smallest absolute Gasteiger partial charge is 0.121 e. The Labute approximate surface area is 156 Å². The molecule has 1 unspecified atom stereocenters. The van der Waals surface area contributed by atoms with Gasteiger partial charge in [-0.1, -0.05) is 51.2 Å². The van der Waals surface area contributed by atoms with Gasteiger partial charge in [-0.25, -0.2) is 4.98 Å². The molecule has 0 radical (unpaired) electrons. The highest BCUT2D eigenvalue weighted by Crippen LogP contribution is 2.21. The van der Waals surface area contributed by atoms with Crippen LogP contribution < -0.4 is 4.74 Å². The molecule has 0 aliphatic carbocycles. The monoisotopic (exact) mass is 361 g/mol. The van der Waals surface area contributed by atoms with Crippen LogP contribution in [0.4, 0.5) is 0 Å². The summed E-state index contributed by atoms with van der Waals surface area (Å²) < 4.78 is 5.77. The van der Waals surface area contributed by atoms with Crippen molar-refractivity contribution in [3.8, 4) is 5.75 Å². The fourth-order valence-electron chi connectivity index (χ4n) is 2.85. The van der Waals surface area contributed by atoms with Crippen LogP contribution in [0.5, 0.6) is 5.75 Å². The maximum atomic E-state index is 9.99. The first-order chi connectivity index (χ1) is 12.3. The van der Waals surface area contributed by atoms with Gasteiger partial charge < -0.3 is 9.84 Å². The Bertz CT molecular complexity index is 554. The lowest BCUT2D eigenvalue weighted by atomic mass is 10.0. The molecule has 1 aromatic carbocycles. The number of hydrogen-bond donors (Lipinski definition) is 1. The predicted octanol–water partition coefficient (Wildman–Crippen LogP) is 5.94. The minimum Gasteiger partial charge on any atom is -0.494 e. The van der Waals surface area contributed by atoms with Crippen LogP contribution in [0.3, 0.4) is 0 Å². The van der Waals surface area contributed by atoms with E-state index in [2.05, 4.69) is 36.2 Å². The molecule has 2 rings (SSSR count). The van der Waals surface area contributed by atoms with Crippen molar-refractivity contribution in [1.82, 2.24) is 4.98 Å². The van der Waals surface area contributed by atoms with Crippen molar-refractivity contribution in [2.75, 3.05) is 6.61 Å². The summed E-state index contributed by atoms with van der Waals surface area (Å²) >= 11 is 1.50. The molecule has 1 N–H and O–H groups in total. The van der Waals surface area contributed by atoms with Gasteiger partial charge in [0.05, 0.1) is 6.61 Å². The molecule has 0 spiro atoms. The standard InChI is InChI=1S/C21H31NO2S/c1-2-3-4-5-6-7-9-18-11-13-19(14-12-18)24-16-8-10-20(23)21-22-15-17-25-21/h11-15,17,20,23H,2-10,16H2,1H3. The second-order valence-corrected chi connectivity index (χ2v) is 7.46. The van der Waals surface area contributed by atoms with Crippen LogP contribution >= 0.6 is 11.3 Å². The van der Waals surface area contributed by atoms with E-state index in [9.17, 15) is 5.11 Å². The number of aliphatic hydroxyl groups excluding tert-OH is 1. The van der Waals surface area contributed by atoms with Gasteiger partial charge in [-0.05, 0) is 43.4 Å². The summed E-state index contributed by atoms with van der Waals surface area (Å²) in [6.45, 7) is 2.88. The zero-order valence-corrected chi connectivity index (χ0v) is 16.1. The molecular weight excluding hydrogens is 330 g/mol. The average Bonchev–Trinajstić information content (AvgIpc) is 3.17. The fraction of sp³-hybridized carbons (Fsp3) is 0.571. The Balaban J connectivity index is 1.57. The minimum atomic E-state index is -0.469. The van der Waals surface area contributed by atoms with Gasteiger partial charge in [0.1, 0.15) is 16.9 Å². The summed E-state index contributed by atoms with van der Waals surface area (Å²) in [5, 5.41) is 12.7. The Morgan fingerprint density at radius 3 is 2.52 bits per heavy atom. The van der Waals surface area contributed by atoms with Gasteiger partial charge in [-0.15, -0.1) is 11.3 Å². The molecule has 0 fully saturated rings. The van der Waals surface area contributed by atoms with Crippen LogP contribution in [0.15, 0.2) is 35.8 Å². The topological polar surface area (TPSA) is 42.4 Å². The number of benzene rings is 1. The summed E-state index contributed by atoms with van der Waals surface area (Å²) in [6, 6.07) is 8.46. The van der Waals surface area contributed by atoms with Crippen LogP contribution in [0.1, 0.15) is 75.0 Å². The summed E-state index contributed by atoms with van der Waals surface area (Å²) in [6.07, 6.45) is 11.9. The Morgan fingerprint density at radius 1 is 1.04 bits per heavy atom. The molecule has 0 saturated carbocycles. The molecule has 2 aromatic rings. The summed E-state index contributed by atoms with van der Waals surface area (Å²) in [4.78, 5) is 4.14. The highest BCUT2D eigenvalue weighted by molar-refractivity contribution is 7.09. The highest BCUT2D eigenvalue weighted by Gasteiger charge is 2.09. The van der Waals surface area contributed by atoms with Gasteiger partial charge in [-0.2, -0.15) is 0 Å². The summed E-state index contributed by atoms with van der Waals surface area (Å²) in [5.74, 6) is 0.912. The van der Waals surface area contributed by atoms with Crippen molar-refractivity contribution in [1.29, 1.82) is 0 Å². The molecule has 0 aliphatic heterocycles. The fourth-order valence-corrected chi connectivity index (χ4v) is 3.51. The lowest BCUT2D eigenvalue weighted by Crippen LogP contribution is -2.02. The van der Waals surface area contributed by atoms with Crippen molar-refractivity contribution >= 4 is 11.3 Å². The van der Waals surface area contributed by atoms with Gasteiger partial charge in [0, 0.05) is 11.6 Å². The third kappa shape index (κ3) is 8.02. The zero-order chi connectivity index (χ0) is 17.7. The van der Waals surface area contributed by atoms with Gasteiger partial charge in [0.25, 0.3) is 0 Å². The van der Waals surface area contributed by atoms with E-state index in [0.29, 0.717) is 13.0 Å². The van der Waals surface area contributed by atoms with Gasteiger partial charge in [0.15, 0.2) is 0 Å². The van der Waals surface area contributed by atoms with Crippen LogP contribution in [0.25, 0.3) is 0 Å². The first kappa shape index (κ1) is 19.9. The van der Waals surface area contributed by atoms with Crippen molar-refractivity contribution in [3.63, 3.8) is 0 Å². The SMILES string of the molecule is CCCCCCCCc1ccc(OCCCC(O)c2nccs2)cc1. The molecule has 0 bridgehead atoms. The Hall–Kier alpha value is -1.39. The molecule has 1 atom stereocenters. The number of aliphatic hydroxyl groups is 1. The van der Waals surface area contributed by atoms with E-state index < -0.39 is 6.10 Å². The zero-order valence-electron chi connectivity index (χ0n) is 15.3. The second-order valence-electron chi connectivity index (χ2n) is 6.54. The molecule has 138 valence electrons. The molecule has 1 aromatic heterocycles. The molecule has 3 nitrogen and oxygen atoms in total. The number of thiazole rings is 1. The van der Waals surface area contributed by atoms with Crippen molar-refractivity contribution in [2.45, 2.75) is 70.8 Å². The summed E-state index contributed by atoms with van der Waals surface area (Å²) in [5.41, 5.74) is 1.39. The van der Waals surface area contributed by atoms with E-state index in [1.165, 1.54) is 55.4 Å². The molecule has 4 heteroatoms. The first-order valence-corrected chi connectivity index (χ1v) is 10.5. The van der Waals surface area contributed by atoms with E-state index >= 15 is 0 Å². The Morgan fingerprint density at radius 2 is 1.80 bits per heavy atom. The second kappa shape index (κ2) is 12.0.